The van der Waals surface area contributed by atoms with Crippen molar-refractivity contribution in [3.8, 4) is 5.88 Å². The number of hydrogen-bond acceptors (Lipinski definition) is 4. The molecule has 0 spiro atoms. The molecule has 0 radical (unpaired) electrons. The Kier molecular flexibility index (Phi) is 4.97. The van der Waals surface area contributed by atoms with E-state index in [-0.39, 0.29) is 5.91 Å². The van der Waals surface area contributed by atoms with Gasteiger partial charge >= 0.3 is 0 Å². The van der Waals surface area contributed by atoms with E-state index in [1.165, 1.54) is 0 Å². The molecule has 2 aromatic carbocycles. The van der Waals surface area contributed by atoms with Crippen LogP contribution in [0.3, 0.4) is 0 Å². The Morgan fingerprint density at radius 2 is 1.79 bits per heavy atom. The fourth-order valence-electron chi connectivity index (χ4n) is 2.97. The van der Waals surface area contributed by atoms with Gasteiger partial charge in [0.15, 0.2) is 0 Å². The molecule has 0 fully saturated rings. The first kappa shape index (κ1) is 17.7. The molecule has 5 heteroatoms. The third-order valence-corrected chi connectivity index (χ3v) is 4.31. The maximum absolute atomic E-state index is 12.8. The average Bonchev–Trinajstić information content (AvgIpc) is 2.73. The highest BCUT2D eigenvalue weighted by Gasteiger charge is 2.12. The number of benzene rings is 2. The second-order valence-corrected chi connectivity index (χ2v) is 6.44. The second-order valence-electron chi connectivity index (χ2n) is 6.44. The minimum atomic E-state index is -0.193. The lowest BCUT2D eigenvalue weighted by molar-refractivity contribution is 0.102. The van der Waals surface area contributed by atoms with E-state index in [4.69, 9.17) is 4.74 Å². The van der Waals surface area contributed by atoms with Crippen molar-refractivity contribution in [2.45, 2.75) is 13.5 Å². The molecule has 28 heavy (non-hydrogen) atoms. The van der Waals surface area contributed by atoms with Crippen LogP contribution in [0.2, 0.25) is 0 Å². The van der Waals surface area contributed by atoms with Gasteiger partial charge in [-0.15, -0.1) is 0 Å². The molecule has 0 aliphatic heterocycles. The van der Waals surface area contributed by atoms with Crippen LogP contribution in [0.15, 0.2) is 79.0 Å². The number of hydrogen-bond donors (Lipinski definition) is 1. The molecule has 2 heterocycles. The van der Waals surface area contributed by atoms with E-state index >= 15 is 0 Å². The van der Waals surface area contributed by atoms with Crippen LogP contribution in [0.4, 0.5) is 5.69 Å². The van der Waals surface area contributed by atoms with Crippen molar-refractivity contribution < 1.29 is 9.53 Å². The van der Waals surface area contributed by atoms with E-state index in [1.807, 2.05) is 61.5 Å². The van der Waals surface area contributed by atoms with Gasteiger partial charge in [-0.25, -0.2) is 4.98 Å². The number of aryl methyl sites for hydroxylation is 1. The number of aromatic nitrogens is 2. The summed E-state index contributed by atoms with van der Waals surface area (Å²) in [5.74, 6) is 0.313. The van der Waals surface area contributed by atoms with E-state index in [0.717, 1.165) is 22.2 Å². The van der Waals surface area contributed by atoms with Gasteiger partial charge in [0.2, 0.25) is 5.88 Å². The number of para-hydroxylation sites is 1. The lowest BCUT2D eigenvalue weighted by Gasteiger charge is -2.10. The molecule has 0 aliphatic carbocycles. The van der Waals surface area contributed by atoms with Crippen molar-refractivity contribution in [3.63, 3.8) is 0 Å². The molecule has 138 valence electrons. The van der Waals surface area contributed by atoms with Crippen LogP contribution in [-0.2, 0) is 6.61 Å². The highest BCUT2D eigenvalue weighted by atomic mass is 16.5. The number of nitrogens with one attached hydrogen (secondary N) is 1. The summed E-state index contributed by atoms with van der Waals surface area (Å²) < 4.78 is 5.68. The third kappa shape index (κ3) is 3.99. The minimum Gasteiger partial charge on any atom is -0.473 e. The van der Waals surface area contributed by atoms with Crippen LogP contribution in [0.5, 0.6) is 5.88 Å². The van der Waals surface area contributed by atoms with Crippen LogP contribution in [0, 0.1) is 6.92 Å². The number of rotatable bonds is 5. The van der Waals surface area contributed by atoms with Crippen molar-refractivity contribution >= 4 is 22.5 Å². The predicted molar refractivity (Wildman–Crippen MR) is 109 cm³/mol. The summed E-state index contributed by atoms with van der Waals surface area (Å²) in [5, 5.41) is 3.71. The fourth-order valence-corrected chi connectivity index (χ4v) is 2.97. The summed E-state index contributed by atoms with van der Waals surface area (Å²) >= 11 is 0. The van der Waals surface area contributed by atoms with Gasteiger partial charge in [0.05, 0.1) is 23.0 Å². The first-order chi connectivity index (χ1) is 13.7. The molecule has 0 saturated carbocycles. The van der Waals surface area contributed by atoms with E-state index in [9.17, 15) is 4.79 Å². The van der Waals surface area contributed by atoms with Crippen LogP contribution in [0.1, 0.15) is 21.6 Å². The summed E-state index contributed by atoms with van der Waals surface area (Å²) in [6.45, 7) is 2.32. The summed E-state index contributed by atoms with van der Waals surface area (Å²) in [6.07, 6.45) is 1.59. The highest BCUT2D eigenvalue weighted by Crippen LogP contribution is 2.20. The molecule has 0 atom stereocenters. The zero-order chi connectivity index (χ0) is 19.3. The fraction of sp³-hybridized carbons (Fsp3) is 0.0870. The van der Waals surface area contributed by atoms with E-state index in [2.05, 4.69) is 15.3 Å². The van der Waals surface area contributed by atoms with Crippen molar-refractivity contribution in [3.05, 3.63) is 95.8 Å². The van der Waals surface area contributed by atoms with Gasteiger partial charge in [-0.05, 0) is 30.7 Å². The van der Waals surface area contributed by atoms with Gasteiger partial charge in [0, 0.05) is 17.1 Å². The second kappa shape index (κ2) is 7.88. The maximum Gasteiger partial charge on any atom is 0.256 e. The number of nitrogens with zero attached hydrogens (tertiary/aromatic N) is 2. The molecule has 0 aliphatic rings. The largest absolute Gasteiger partial charge is 0.473 e. The van der Waals surface area contributed by atoms with E-state index < -0.39 is 0 Å². The van der Waals surface area contributed by atoms with Gasteiger partial charge in [-0.3, -0.25) is 9.78 Å². The summed E-state index contributed by atoms with van der Waals surface area (Å²) in [4.78, 5) is 21.5. The Morgan fingerprint density at radius 3 is 2.57 bits per heavy atom. The first-order valence-electron chi connectivity index (χ1n) is 8.99. The molecular formula is C23H19N3O2. The van der Waals surface area contributed by atoms with Crippen LogP contribution < -0.4 is 10.1 Å². The summed E-state index contributed by atoms with van der Waals surface area (Å²) in [6, 6.07) is 22.8. The van der Waals surface area contributed by atoms with Crippen LogP contribution >= 0.6 is 0 Å². The minimum absolute atomic E-state index is 0.193. The zero-order valence-corrected chi connectivity index (χ0v) is 15.4. The predicted octanol–water partition coefficient (Wildman–Crippen LogP) is 4.77. The van der Waals surface area contributed by atoms with Gasteiger partial charge in [0.25, 0.3) is 5.91 Å². The SMILES string of the molecule is Cc1cc(C(=O)Nc2ccc(OCc3ccccc3)nc2)c2ccccc2n1. The van der Waals surface area contributed by atoms with Crippen LogP contribution in [0.25, 0.3) is 10.9 Å². The van der Waals surface area contributed by atoms with Gasteiger partial charge in [-0.2, -0.15) is 0 Å². The zero-order valence-electron chi connectivity index (χ0n) is 15.4. The monoisotopic (exact) mass is 369 g/mol. The number of carbonyl (C=O) groups is 1. The molecule has 4 rings (SSSR count). The van der Waals surface area contributed by atoms with Crippen molar-refractivity contribution in [2.24, 2.45) is 0 Å². The normalized spacial score (nSPS) is 10.6. The Bertz CT molecular complexity index is 1110. The summed E-state index contributed by atoms with van der Waals surface area (Å²) in [5.41, 5.74) is 3.87. The number of fused-ring (bicyclic) bond motifs is 1. The smallest absolute Gasteiger partial charge is 0.256 e. The molecule has 5 nitrogen and oxygen atoms in total. The molecule has 0 bridgehead atoms. The van der Waals surface area contributed by atoms with Gasteiger partial charge < -0.3 is 10.1 Å². The van der Waals surface area contributed by atoms with E-state index in [0.29, 0.717) is 23.7 Å². The van der Waals surface area contributed by atoms with Crippen molar-refractivity contribution in [2.75, 3.05) is 5.32 Å². The Hall–Kier alpha value is -3.73. The third-order valence-electron chi connectivity index (χ3n) is 4.31. The number of amides is 1. The molecule has 0 unspecified atom stereocenters. The molecule has 1 N–H and O–H groups in total. The van der Waals surface area contributed by atoms with Gasteiger partial charge in [0.1, 0.15) is 6.61 Å². The first-order valence-corrected chi connectivity index (χ1v) is 8.99. The Labute approximate surface area is 163 Å². The summed E-state index contributed by atoms with van der Waals surface area (Å²) in [7, 11) is 0. The Balaban J connectivity index is 1.47. The quantitative estimate of drug-likeness (QED) is 0.550. The van der Waals surface area contributed by atoms with E-state index in [1.54, 1.807) is 24.4 Å². The lowest BCUT2D eigenvalue weighted by atomic mass is 10.1. The van der Waals surface area contributed by atoms with Crippen LogP contribution in [-0.4, -0.2) is 15.9 Å². The molecule has 4 aromatic rings. The van der Waals surface area contributed by atoms with Crippen molar-refractivity contribution in [1.82, 2.24) is 9.97 Å². The topological polar surface area (TPSA) is 64.1 Å². The molecular weight excluding hydrogens is 350 g/mol. The standard InChI is InChI=1S/C23H19N3O2/c1-16-13-20(19-9-5-6-10-21(19)25-16)23(27)26-18-11-12-22(24-14-18)28-15-17-7-3-2-4-8-17/h2-14H,15H2,1H3,(H,26,27). The molecule has 0 saturated heterocycles. The average molecular weight is 369 g/mol. The molecule has 1 amide bonds. The Morgan fingerprint density at radius 1 is 1.00 bits per heavy atom. The lowest BCUT2D eigenvalue weighted by Crippen LogP contribution is -2.13. The molecule has 2 aromatic heterocycles. The van der Waals surface area contributed by atoms with Gasteiger partial charge in [-0.1, -0.05) is 48.5 Å². The number of carbonyl (C=O) groups excluding carboxylic acids is 1. The maximum atomic E-state index is 12.8. The number of anilines is 1. The van der Waals surface area contributed by atoms with Crippen molar-refractivity contribution in [1.29, 1.82) is 0 Å². The number of pyridine rings is 2. The highest BCUT2D eigenvalue weighted by molar-refractivity contribution is 6.12. The number of ether oxygens (including phenoxy) is 1.